The molecule has 2 fully saturated rings. The summed E-state index contributed by atoms with van der Waals surface area (Å²) in [6.45, 7) is 0.969. The second-order valence-electron chi connectivity index (χ2n) is 7.70. The molecule has 2 unspecified atom stereocenters. The molecule has 0 radical (unpaired) electrons. The number of fused-ring (bicyclic) bond motifs is 4. The van der Waals surface area contributed by atoms with Gasteiger partial charge in [-0.2, -0.15) is 0 Å². The van der Waals surface area contributed by atoms with Crippen LogP contribution in [0.25, 0.3) is 6.08 Å². The first kappa shape index (κ1) is 16.0. The topological polar surface area (TPSA) is 38.2 Å². The van der Waals surface area contributed by atoms with Crippen LogP contribution in [0.2, 0.25) is 0 Å². The van der Waals surface area contributed by atoms with Crippen molar-refractivity contribution in [1.29, 1.82) is 0 Å². The Morgan fingerprint density at radius 2 is 2.08 bits per heavy atom. The largest absolute Gasteiger partial charge is 0.496 e. The summed E-state index contributed by atoms with van der Waals surface area (Å²) in [6.07, 6.45) is 12.7. The number of para-hydroxylation sites is 1. The van der Waals surface area contributed by atoms with E-state index in [9.17, 15) is 0 Å². The van der Waals surface area contributed by atoms with Crippen LogP contribution in [0.5, 0.6) is 5.75 Å². The Bertz CT molecular complexity index is 843. The zero-order valence-electron chi connectivity index (χ0n) is 15.3. The van der Waals surface area contributed by atoms with Gasteiger partial charge in [-0.15, -0.1) is 0 Å². The lowest BCUT2D eigenvalue weighted by Crippen LogP contribution is -2.38. The highest BCUT2D eigenvalue weighted by atomic mass is 16.5. The first-order valence-corrected chi connectivity index (χ1v) is 9.74. The second kappa shape index (κ2) is 6.51. The van der Waals surface area contributed by atoms with Gasteiger partial charge < -0.3 is 4.74 Å². The summed E-state index contributed by atoms with van der Waals surface area (Å²) in [5.74, 6) is 2.66. The van der Waals surface area contributed by atoms with E-state index in [-0.39, 0.29) is 0 Å². The summed E-state index contributed by atoms with van der Waals surface area (Å²) in [4.78, 5) is 12.2. The third-order valence-corrected chi connectivity index (χ3v) is 6.04. The van der Waals surface area contributed by atoms with Gasteiger partial charge >= 0.3 is 0 Å². The quantitative estimate of drug-likeness (QED) is 0.815. The maximum Gasteiger partial charge on any atom is 0.131 e. The van der Waals surface area contributed by atoms with Crippen molar-refractivity contribution in [2.24, 2.45) is 0 Å². The number of hydrogen-bond acceptors (Lipinski definition) is 4. The van der Waals surface area contributed by atoms with Gasteiger partial charge in [-0.25, -0.2) is 9.97 Å². The van der Waals surface area contributed by atoms with E-state index in [1.165, 1.54) is 36.9 Å². The molecular formula is C22H25N3O. The van der Waals surface area contributed by atoms with Crippen molar-refractivity contribution >= 4 is 6.08 Å². The van der Waals surface area contributed by atoms with E-state index in [1.54, 1.807) is 7.11 Å². The molecule has 1 aromatic heterocycles. The summed E-state index contributed by atoms with van der Waals surface area (Å²) in [5.41, 5.74) is 3.82. The highest BCUT2D eigenvalue weighted by molar-refractivity contribution is 5.57. The standard InChI is InChI=1S/C22H25N3O/c1-26-21-7-3-2-5-15(21)6-4-12-25-17-10-11-20(25)18-14-23-22(16-8-9-16)24-19(18)13-17/h2-7,14,16-17,20H,8-13H2,1H3/b6-4+. The number of hydrogen-bond donors (Lipinski definition) is 0. The smallest absolute Gasteiger partial charge is 0.131 e. The van der Waals surface area contributed by atoms with E-state index in [1.807, 2.05) is 12.1 Å². The summed E-state index contributed by atoms with van der Waals surface area (Å²) < 4.78 is 5.44. The highest BCUT2D eigenvalue weighted by Crippen LogP contribution is 2.44. The van der Waals surface area contributed by atoms with Gasteiger partial charge in [0.25, 0.3) is 0 Å². The van der Waals surface area contributed by atoms with Crippen molar-refractivity contribution in [3.63, 3.8) is 0 Å². The highest BCUT2D eigenvalue weighted by Gasteiger charge is 2.40. The van der Waals surface area contributed by atoms with Crippen molar-refractivity contribution in [3.05, 3.63) is 59.2 Å². The molecule has 2 bridgehead atoms. The Morgan fingerprint density at radius 3 is 2.92 bits per heavy atom. The fourth-order valence-corrected chi connectivity index (χ4v) is 4.52. The average molecular weight is 347 g/mol. The first-order chi connectivity index (χ1) is 12.8. The van der Waals surface area contributed by atoms with E-state index in [0.717, 1.165) is 30.1 Å². The second-order valence-corrected chi connectivity index (χ2v) is 7.70. The normalized spacial score (nSPS) is 24.8. The number of benzene rings is 1. The molecule has 5 rings (SSSR count). The van der Waals surface area contributed by atoms with Gasteiger partial charge in [0.2, 0.25) is 0 Å². The lowest BCUT2D eigenvalue weighted by atomic mass is 9.99. The van der Waals surface area contributed by atoms with E-state index in [0.29, 0.717) is 18.0 Å². The van der Waals surface area contributed by atoms with Gasteiger partial charge in [-0.05, 0) is 31.7 Å². The monoisotopic (exact) mass is 347 g/mol. The predicted molar refractivity (Wildman–Crippen MR) is 102 cm³/mol. The molecule has 2 aliphatic heterocycles. The molecule has 134 valence electrons. The minimum absolute atomic E-state index is 0.485. The summed E-state index contributed by atoms with van der Waals surface area (Å²) in [7, 11) is 1.73. The molecule has 4 nitrogen and oxygen atoms in total. The molecule has 0 N–H and O–H groups in total. The number of nitrogens with zero attached hydrogens (tertiary/aromatic N) is 3. The van der Waals surface area contributed by atoms with Crippen LogP contribution in [0.3, 0.4) is 0 Å². The molecule has 3 heterocycles. The lowest BCUT2D eigenvalue weighted by molar-refractivity contribution is 0.196. The van der Waals surface area contributed by atoms with Crippen LogP contribution in [-0.2, 0) is 6.42 Å². The maximum atomic E-state index is 5.44. The molecule has 4 heteroatoms. The zero-order valence-corrected chi connectivity index (χ0v) is 15.3. The van der Waals surface area contributed by atoms with Gasteiger partial charge in [-0.1, -0.05) is 30.4 Å². The first-order valence-electron chi connectivity index (χ1n) is 9.74. The Balaban J connectivity index is 1.34. The van der Waals surface area contributed by atoms with Crippen LogP contribution in [0, 0.1) is 0 Å². The van der Waals surface area contributed by atoms with E-state index < -0.39 is 0 Å². The average Bonchev–Trinajstić information content (AvgIpc) is 3.48. The van der Waals surface area contributed by atoms with Gasteiger partial charge in [0, 0.05) is 48.3 Å². The van der Waals surface area contributed by atoms with Crippen LogP contribution in [-0.4, -0.2) is 34.6 Å². The van der Waals surface area contributed by atoms with Gasteiger partial charge in [-0.3, -0.25) is 4.90 Å². The minimum atomic E-state index is 0.485. The lowest BCUT2D eigenvalue weighted by Gasteiger charge is -2.34. The third-order valence-electron chi connectivity index (χ3n) is 6.04. The van der Waals surface area contributed by atoms with Crippen molar-refractivity contribution in [1.82, 2.24) is 14.9 Å². The van der Waals surface area contributed by atoms with Gasteiger partial charge in [0.05, 0.1) is 12.8 Å². The molecule has 1 saturated carbocycles. The van der Waals surface area contributed by atoms with Crippen LogP contribution < -0.4 is 4.74 Å². The molecule has 1 saturated heterocycles. The van der Waals surface area contributed by atoms with Crippen LogP contribution in [0.4, 0.5) is 0 Å². The predicted octanol–water partition coefficient (Wildman–Crippen LogP) is 4.14. The van der Waals surface area contributed by atoms with Crippen molar-refractivity contribution in [2.45, 2.75) is 50.1 Å². The minimum Gasteiger partial charge on any atom is -0.496 e. The molecular weight excluding hydrogens is 322 g/mol. The molecule has 3 aliphatic rings. The third kappa shape index (κ3) is 2.82. The van der Waals surface area contributed by atoms with Crippen LogP contribution in [0.1, 0.15) is 60.3 Å². The number of ether oxygens (including phenoxy) is 1. The number of rotatable bonds is 5. The molecule has 1 aliphatic carbocycles. The van der Waals surface area contributed by atoms with Crippen molar-refractivity contribution < 1.29 is 4.74 Å². The van der Waals surface area contributed by atoms with E-state index in [2.05, 4.69) is 40.4 Å². The summed E-state index contributed by atoms with van der Waals surface area (Å²) in [5, 5.41) is 0. The van der Waals surface area contributed by atoms with E-state index in [4.69, 9.17) is 9.72 Å². The molecule has 0 amide bonds. The zero-order chi connectivity index (χ0) is 17.5. The number of aromatic nitrogens is 2. The summed E-state index contributed by atoms with van der Waals surface area (Å²) >= 11 is 0. The van der Waals surface area contributed by atoms with Crippen molar-refractivity contribution in [2.75, 3.05) is 13.7 Å². The maximum absolute atomic E-state index is 5.44. The van der Waals surface area contributed by atoms with Gasteiger partial charge in [0.1, 0.15) is 11.6 Å². The molecule has 2 aromatic rings. The van der Waals surface area contributed by atoms with Crippen LogP contribution in [0.15, 0.2) is 36.5 Å². The van der Waals surface area contributed by atoms with E-state index >= 15 is 0 Å². The fourth-order valence-electron chi connectivity index (χ4n) is 4.52. The van der Waals surface area contributed by atoms with Crippen molar-refractivity contribution in [3.8, 4) is 5.75 Å². The Morgan fingerprint density at radius 1 is 1.19 bits per heavy atom. The number of methoxy groups -OCH3 is 1. The summed E-state index contributed by atoms with van der Waals surface area (Å²) in [6, 6.07) is 9.28. The molecule has 1 aromatic carbocycles. The van der Waals surface area contributed by atoms with Crippen LogP contribution >= 0.6 is 0 Å². The Kier molecular flexibility index (Phi) is 4.01. The molecule has 26 heavy (non-hydrogen) atoms. The Labute approximate surface area is 154 Å². The SMILES string of the molecule is COc1ccccc1/C=C/CN1C2CCC1c1cnc(C3CC3)nc1C2. The molecule has 2 atom stereocenters. The Hall–Kier alpha value is -2.20. The van der Waals surface area contributed by atoms with Gasteiger partial charge in [0.15, 0.2) is 0 Å². The fraction of sp³-hybridized carbons (Fsp3) is 0.455. The molecule has 0 spiro atoms.